The van der Waals surface area contributed by atoms with Crippen LogP contribution in [0.3, 0.4) is 0 Å². The van der Waals surface area contributed by atoms with E-state index < -0.39 is 5.91 Å². The molecule has 1 fully saturated rings. The molecule has 3 aromatic rings. The zero-order valence-electron chi connectivity index (χ0n) is 16.4. The van der Waals surface area contributed by atoms with Gasteiger partial charge in [0.05, 0.1) is 5.92 Å². The fourth-order valence-corrected chi connectivity index (χ4v) is 4.28. The summed E-state index contributed by atoms with van der Waals surface area (Å²) < 4.78 is 2.26. The Hall–Kier alpha value is -3.12. The number of fused-ring (bicyclic) bond motifs is 1. The van der Waals surface area contributed by atoms with Crippen molar-refractivity contribution in [3.05, 3.63) is 71.4 Å². The fraction of sp³-hybridized carbons (Fsp3) is 0.304. The van der Waals surface area contributed by atoms with Crippen LogP contribution in [0.25, 0.3) is 10.9 Å². The highest BCUT2D eigenvalue weighted by Crippen LogP contribution is 2.26. The predicted molar refractivity (Wildman–Crippen MR) is 111 cm³/mol. The van der Waals surface area contributed by atoms with Crippen LogP contribution in [-0.2, 0) is 11.3 Å². The topological polar surface area (TPSA) is 83.4 Å². The van der Waals surface area contributed by atoms with Gasteiger partial charge in [-0.3, -0.25) is 14.8 Å². The minimum atomic E-state index is -0.433. The number of amides is 2. The molecule has 29 heavy (non-hydrogen) atoms. The van der Waals surface area contributed by atoms with Crippen LogP contribution in [0.2, 0.25) is 0 Å². The maximum atomic E-state index is 12.6. The molecule has 4 rings (SSSR count). The van der Waals surface area contributed by atoms with E-state index in [0.717, 1.165) is 24.9 Å². The number of carbonyl (C=O) groups excluding carboxylic acids is 2. The monoisotopic (exact) mass is 391 g/mol. The number of carbonyl (C=O) groups is 2. The van der Waals surface area contributed by atoms with Crippen LogP contribution in [0.4, 0.5) is 0 Å². The zero-order chi connectivity index (χ0) is 20.4. The lowest BCUT2D eigenvalue weighted by molar-refractivity contribution is -0.133. The number of aromatic nitrogens is 1. The second-order valence-electron chi connectivity index (χ2n) is 7.72. The Balaban J connectivity index is 1.45. The van der Waals surface area contributed by atoms with Gasteiger partial charge >= 0.3 is 0 Å². The van der Waals surface area contributed by atoms with Gasteiger partial charge in [-0.15, -0.1) is 0 Å². The van der Waals surface area contributed by atoms with Gasteiger partial charge in [0.1, 0.15) is 0 Å². The summed E-state index contributed by atoms with van der Waals surface area (Å²) in [6.45, 7) is 2.84. The third-order valence-corrected chi connectivity index (χ3v) is 5.85. The van der Waals surface area contributed by atoms with Crippen molar-refractivity contribution in [1.82, 2.24) is 15.4 Å². The number of hydrogen-bond acceptors (Lipinski definition) is 3. The van der Waals surface area contributed by atoms with E-state index in [0.29, 0.717) is 12.0 Å². The minimum Gasteiger partial charge on any atom is -0.349 e. The molecule has 1 aliphatic carbocycles. The highest BCUT2D eigenvalue weighted by Gasteiger charge is 2.34. The normalized spacial score (nSPS) is 18.7. The molecule has 150 valence electrons. The van der Waals surface area contributed by atoms with Gasteiger partial charge < -0.3 is 9.88 Å². The van der Waals surface area contributed by atoms with Crippen LogP contribution in [0.1, 0.15) is 40.9 Å². The second kappa shape index (κ2) is 8.09. The summed E-state index contributed by atoms with van der Waals surface area (Å²) in [6, 6.07) is 17.8. The predicted octanol–water partition coefficient (Wildman–Crippen LogP) is 3.40. The number of nitrogens with one attached hydrogen (secondary N) is 2. The number of nitrogens with zero attached hydrogens (tertiary/aromatic N) is 1. The van der Waals surface area contributed by atoms with Gasteiger partial charge in [0, 0.05) is 29.4 Å². The largest absolute Gasteiger partial charge is 0.349 e. The number of benzene rings is 2. The molecule has 6 heteroatoms. The Morgan fingerprint density at radius 1 is 1.10 bits per heavy atom. The van der Waals surface area contributed by atoms with Crippen molar-refractivity contribution in [2.75, 3.05) is 0 Å². The molecule has 1 heterocycles. The molecular weight excluding hydrogens is 366 g/mol. The number of hydroxylamine groups is 1. The average molecular weight is 391 g/mol. The average Bonchev–Trinajstić information content (AvgIpc) is 3.32. The van der Waals surface area contributed by atoms with E-state index >= 15 is 0 Å². The van der Waals surface area contributed by atoms with Crippen LogP contribution < -0.4 is 10.8 Å². The number of hydrogen-bond donors (Lipinski definition) is 3. The Labute approximate surface area is 169 Å². The zero-order valence-corrected chi connectivity index (χ0v) is 16.4. The van der Waals surface area contributed by atoms with Crippen LogP contribution in [0, 0.1) is 12.8 Å². The maximum Gasteiger partial charge on any atom is 0.251 e. The van der Waals surface area contributed by atoms with E-state index in [4.69, 9.17) is 5.21 Å². The van der Waals surface area contributed by atoms with E-state index in [9.17, 15) is 9.59 Å². The Kier molecular flexibility index (Phi) is 5.36. The summed E-state index contributed by atoms with van der Waals surface area (Å²) in [5.74, 6) is -1.01. The Morgan fingerprint density at radius 3 is 2.62 bits per heavy atom. The molecule has 1 aliphatic rings. The summed E-state index contributed by atoms with van der Waals surface area (Å²) in [5.41, 5.74) is 5.78. The SMILES string of the molecule is Cc1cc2ccccc2n1Cc1ccc(C(=O)N[C@@H]2CCC[C@@H]2C(=O)NO)cc1. The minimum absolute atomic E-state index is 0.193. The van der Waals surface area contributed by atoms with Crippen LogP contribution >= 0.6 is 0 Å². The lowest BCUT2D eigenvalue weighted by atomic mass is 10.0. The molecule has 2 aromatic carbocycles. The van der Waals surface area contributed by atoms with Crippen molar-refractivity contribution in [3.8, 4) is 0 Å². The van der Waals surface area contributed by atoms with Crippen molar-refractivity contribution in [2.24, 2.45) is 5.92 Å². The molecule has 0 unspecified atom stereocenters. The third-order valence-electron chi connectivity index (χ3n) is 5.85. The standard InChI is InChI=1S/C23H25N3O3/c1-15-13-18-5-2-3-8-21(18)26(15)14-16-9-11-17(12-10-16)22(27)24-20-7-4-6-19(20)23(28)25-29/h2-3,5,8-13,19-20,29H,4,6-7,14H2,1H3,(H,24,27)(H,25,28)/t19-,20+/m0/s1. The molecule has 0 aliphatic heterocycles. The van der Waals surface area contributed by atoms with Gasteiger partial charge in [0.2, 0.25) is 5.91 Å². The summed E-state index contributed by atoms with van der Waals surface area (Å²) in [4.78, 5) is 24.3. The molecule has 2 amide bonds. The number of rotatable bonds is 5. The molecule has 1 saturated carbocycles. The summed E-state index contributed by atoms with van der Waals surface area (Å²) in [5, 5.41) is 13.0. The van der Waals surface area contributed by atoms with E-state index in [2.05, 4.69) is 35.0 Å². The maximum absolute atomic E-state index is 12.6. The first-order valence-electron chi connectivity index (χ1n) is 9.95. The molecule has 0 radical (unpaired) electrons. The summed E-state index contributed by atoms with van der Waals surface area (Å²) in [7, 11) is 0. The fourth-order valence-electron chi connectivity index (χ4n) is 4.28. The van der Waals surface area contributed by atoms with Crippen molar-refractivity contribution in [1.29, 1.82) is 0 Å². The summed E-state index contributed by atoms with van der Waals surface area (Å²) in [6.07, 6.45) is 2.26. The Morgan fingerprint density at radius 2 is 1.86 bits per heavy atom. The smallest absolute Gasteiger partial charge is 0.251 e. The highest BCUT2D eigenvalue weighted by atomic mass is 16.5. The molecule has 2 atom stereocenters. The number of aryl methyl sites for hydroxylation is 1. The van der Waals surface area contributed by atoms with E-state index in [1.807, 2.05) is 36.4 Å². The molecule has 0 spiro atoms. The van der Waals surface area contributed by atoms with E-state index in [-0.39, 0.29) is 17.9 Å². The van der Waals surface area contributed by atoms with Gasteiger partial charge in [0.15, 0.2) is 0 Å². The molecule has 6 nitrogen and oxygen atoms in total. The van der Waals surface area contributed by atoms with Gasteiger partial charge in [-0.25, -0.2) is 5.48 Å². The lowest BCUT2D eigenvalue weighted by Crippen LogP contribution is -2.43. The molecular formula is C23H25N3O3. The van der Waals surface area contributed by atoms with E-state index in [1.54, 1.807) is 5.48 Å². The van der Waals surface area contributed by atoms with Crippen molar-refractivity contribution < 1.29 is 14.8 Å². The third kappa shape index (κ3) is 3.89. The number of para-hydroxylation sites is 1. The van der Waals surface area contributed by atoms with Crippen LogP contribution in [-0.4, -0.2) is 27.6 Å². The first kappa shape index (κ1) is 19.2. The lowest BCUT2D eigenvalue weighted by Gasteiger charge is -2.19. The quantitative estimate of drug-likeness (QED) is 0.460. The van der Waals surface area contributed by atoms with Crippen LogP contribution in [0.15, 0.2) is 54.6 Å². The first-order chi connectivity index (χ1) is 14.1. The van der Waals surface area contributed by atoms with Gasteiger partial charge in [-0.2, -0.15) is 0 Å². The molecule has 0 saturated heterocycles. The Bertz CT molecular complexity index is 1040. The van der Waals surface area contributed by atoms with Gasteiger partial charge in [0.25, 0.3) is 5.91 Å². The molecule has 3 N–H and O–H groups in total. The van der Waals surface area contributed by atoms with E-state index in [1.165, 1.54) is 16.6 Å². The van der Waals surface area contributed by atoms with Crippen LogP contribution in [0.5, 0.6) is 0 Å². The van der Waals surface area contributed by atoms with Gasteiger partial charge in [-0.05, 0) is 55.0 Å². The first-order valence-corrected chi connectivity index (χ1v) is 9.95. The van der Waals surface area contributed by atoms with Crippen molar-refractivity contribution in [2.45, 2.75) is 38.8 Å². The van der Waals surface area contributed by atoms with Gasteiger partial charge in [-0.1, -0.05) is 36.8 Å². The summed E-state index contributed by atoms with van der Waals surface area (Å²) >= 11 is 0. The van der Waals surface area contributed by atoms with Crippen molar-refractivity contribution >= 4 is 22.7 Å². The molecule has 1 aromatic heterocycles. The highest BCUT2D eigenvalue weighted by molar-refractivity contribution is 5.95. The second-order valence-corrected chi connectivity index (χ2v) is 7.72. The molecule has 0 bridgehead atoms. The van der Waals surface area contributed by atoms with Crippen molar-refractivity contribution in [3.63, 3.8) is 0 Å².